The van der Waals surface area contributed by atoms with E-state index >= 15 is 0 Å². The zero-order chi connectivity index (χ0) is 14.2. The van der Waals surface area contributed by atoms with Gasteiger partial charge >= 0.3 is 0 Å². The van der Waals surface area contributed by atoms with Gasteiger partial charge in [0, 0.05) is 14.9 Å². The number of methoxy groups -OCH3 is 1. The smallest absolute Gasteiger partial charge is 0.126 e. The van der Waals surface area contributed by atoms with E-state index in [1.165, 1.54) is 10.4 Å². The molecule has 0 N–H and O–H groups in total. The molecule has 0 saturated carbocycles. The third kappa shape index (κ3) is 3.02. The second-order valence-electron chi connectivity index (χ2n) is 4.25. The highest BCUT2D eigenvalue weighted by molar-refractivity contribution is 9.10. The monoisotopic (exact) mass is 422 g/mol. The van der Waals surface area contributed by atoms with Gasteiger partial charge in [-0.25, -0.2) is 0 Å². The molecule has 0 radical (unpaired) electrons. The molecule has 0 bridgehead atoms. The molecule has 1 aromatic heterocycles. The van der Waals surface area contributed by atoms with Crippen molar-refractivity contribution in [3.05, 3.63) is 48.6 Å². The lowest BCUT2D eigenvalue weighted by Crippen LogP contribution is -2.01. The predicted octanol–water partition coefficient (Wildman–Crippen LogP) is 6.27. The van der Waals surface area contributed by atoms with Crippen LogP contribution in [0.2, 0.25) is 4.34 Å². The quantitative estimate of drug-likeness (QED) is 0.527. The molecule has 0 saturated heterocycles. The standard InChI is InChI=1S/C14H13Br2ClOS/c1-7-6-9(15)8(2)12(14(7)18-3)13(16)10-4-5-11(17)19-10/h4-6,13H,1-3H3. The van der Waals surface area contributed by atoms with Crippen LogP contribution in [-0.2, 0) is 0 Å². The maximum absolute atomic E-state index is 6.03. The van der Waals surface area contributed by atoms with Gasteiger partial charge in [0.2, 0.25) is 0 Å². The lowest BCUT2D eigenvalue weighted by atomic mass is 10.00. The molecule has 0 spiro atoms. The Labute approximate surface area is 139 Å². The minimum absolute atomic E-state index is 0.0798. The lowest BCUT2D eigenvalue weighted by molar-refractivity contribution is 0.407. The van der Waals surface area contributed by atoms with E-state index in [1.54, 1.807) is 18.4 Å². The Morgan fingerprint density at radius 2 is 2.00 bits per heavy atom. The molecule has 2 rings (SSSR count). The Balaban J connectivity index is 2.60. The molecule has 1 aromatic carbocycles. The molecule has 1 heterocycles. The Hall–Kier alpha value is -0.0300. The van der Waals surface area contributed by atoms with Crippen molar-refractivity contribution in [3.63, 3.8) is 0 Å². The Morgan fingerprint density at radius 1 is 1.32 bits per heavy atom. The van der Waals surface area contributed by atoms with Gasteiger partial charge in [0.15, 0.2) is 0 Å². The second-order valence-corrected chi connectivity index (χ2v) is 7.77. The van der Waals surface area contributed by atoms with E-state index in [4.69, 9.17) is 16.3 Å². The van der Waals surface area contributed by atoms with Crippen LogP contribution in [0.15, 0.2) is 22.7 Å². The number of rotatable bonds is 3. The zero-order valence-electron chi connectivity index (χ0n) is 10.8. The number of alkyl halides is 1. The van der Waals surface area contributed by atoms with E-state index in [-0.39, 0.29) is 4.83 Å². The van der Waals surface area contributed by atoms with E-state index in [0.717, 1.165) is 25.7 Å². The first kappa shape index (κ1) is 15.4. The Bertz CT molecular complexity index is 610. The molecule has 1 nitrogen and oxygen atoms in total. The largest absolute Gasteiger partial charge is 0.496 e. The number of ether oxygens (including phenoxy) is 1. The summed E-state index contributed by atoms with van der Waals surface area (Å²) in [5, 5.41) is 0. The fourth-order valence-corrected chi connectivity index (χ4v) is 4.65. The summed E-state index contributed by atoms with van der Waals surface area (Å²) in [6.45, 7) is 4.14. The highest BCUT2D eigenvalue weighted by atomic mass is 79.9. The number of hydrogen-bond acceptors (Lipinski definition) is 2. The van der Waals surface area contributed by atoms with Gasteiger partial charge in [-0.1, -0.05) is 43.5 Å². The number of halogens is 3. The van der Waals surface area contributed by atoms with Crippen LogP contribution in [0.4, 0.5) is 0 Å². The lowest BCUT2D eigenvalue weighted by Gasteiger charge is -2.19. The number of benzene rings is 1. The maximum Gasteiger partial charge on any atom is 0.126 e. The van der Waals surface area contributed by atoms with Gasteiger partial charge in [0.25, 0.3) is 0 Å². The van der Waals surface area contributed by atoms with Crippen LogP contribution in [0.3, 0.4) is 0 Å². The van der Waals surface area contributed by atoms with Crippen molar-refractivity contribution in [2.45, 2.75) is 18.7 Å². The molecule has 0 aliphatic heterocycles. The number of aryl methyl sites for hydroxylation is 1. The van der Waals surface area contributed by atoms with E-state index in [0.29, 0.717) is 0 Å². The van der Waals surface area contributed by atoms with Gasteiger partial charge < -0.3 is 4.74 Å². The fourth-order valence-electron chi connectivity index (χ4n) is 2.06. The Kier molecular flexibility index (Phi) is 4.99. The van der Waals surface area contributed by atoms with Crippen molar-refractivity contribution in [1.29, 1.82) is 0 Å². The fraction of sp³-hybridized carbons (Fsp3) is 0.286. The third-order valence-electron chi connectivity index (χ3n) is 3.01. The third-order valence-corrected chi connectivity index (χ3v) is 6.38. The topological polar surface area (TPSA) is 9.23 Å². The van der Waals surface area contributed by atoms with Crippen molar-refractivity contribution >= 4 is 54.8 Å². The van der Waals surface area contributed by atoms with E-state index in [9.17, 15) is 0 Å². The van der Waals surface area contributed by atoms with Crippen molar-refractivity contribution in [2.75, 3.05) is 7.11 Å². The van der Waals surface area contributed by atoms with Gasteiger partial charge in [0.05, 0.1) is 16.3 Å². The molecule has 1 unspecified atom stereocenters. The summed E-state index contributed by atoms with van der Waals surface area (Å²) in [4.78, 5) is 1.25. The molecule has 1 atom stereocenters. The van der Waals surface area contributed by atoms with Gasteiger partial charge in [-0.2, -0.15) is 0 Å². The van der Waals surface area contributed by atoms with E-state index < -0.39 is 0 Å². The first-order valence-corrected chi connectivity index (χ1v) is 8.59. The summed E-state index contributed by atoms with van der Waals surface area (Å²) in [6, 6.07) is 6.04. The van der Waals surface area contributed by atoms with Crippen LogP contribution in [0.5, 0.6) is 5.75 Å². The maximum atomic E-state index is 6.03. The van der Waals surface area contributed by atoms with Crippen LogP contribution >= 0.6 is 54.8 Å². The summed E-state index contributed by atoms with van der Waals surface area (Å²) < 4.78 is 7.47. The highest BCUT2D eigenvalue weighted by Crippen LogP contribution is 2.45. The van der Waals surface area contributed by atoms with Crippen molar-refractivity contribution in [3.8, 4) is 5.75 Å². The molecule has 19 heavy (non-hydrogen) atoms. The van der Waals surface area contributed by atoms with Gasteiger partial charge in [-0.05, 0) is 43.2 Å². The first-order chi connectivity index (χ1) is 8.95. The van der Waals surface area contributed by atoms with Crippen molar-refractivity contribution < 1.29 is 4.74 Å². The van der Waals surface area contributed by atoms with Gasteiger partial charge in [0.1, 0.15) is 5.75 Å². The zero-order valence-corrected chi connectivity index (χ0v) is 15.5. The summed E-state index contributed by atoms with van der Waals surface area (Å²) in [7, 11) is 1.71. The molecule has 102 valence electrons. The van der Waals surface area contributed by atoms with E-state index in [1.807, 2.05) is 19.1 Å². The predicted molar refractivity (Wildman–Crippen MR) is 90.3 cm³/mol. The van der Waals surface area contributed by atoms with Gasteiger partial charge in [-0.3, -0.25) is 0 Å². The van der Waals surface area contributed by atoms with Crippen molar-refractivity contribution in [2.24, 2.45) is 0 Å². The minimum atomic E-state index is 0.0798. The second kappa shape index (κ2) is 6.17. The van der Waals surface area contributed by atoms with Crippen LogP contribution in [0, 0.1) is 13.8 Å². The molecule has 0 aliphatic carbocycles. The Morgan fingerprint density at radius 3 is 2.53 bits per heavy atom. The summed E-state index contributed by atoms with van der Waals surface area (Å²) >= 11 is 15.0. The van der Waals surface area contributed by atoms with Crippen molar-refractivity contribution in [1.82, 2.24) is 0 Å². The highest BCUT2D eigenvalue weighted by Gasteiger charge is 2.22. The molecular formula is C14H13Br2ClOS. The molecule has 0 fully saturated rings. The van der Waals surface area contributed by atoms with E-state index in [2.05, 4.69) is 44.8 Å². The average Bonchev–Trinajstić information content (AvgIpc) is 2.79. The summed E-state index contributed by atoms with van der Waals surface area (Å²) in [5.74, 6) is 0.923. The van der Waals surface area contributed by atoms with Crippen LogP contribution in [0.1, 0.15) is 26.4 Å². The molecule has 0 amide bonds. The minimum Gasteiger partial charge on any atom is -0.496 e. The molecule has 2 aromatic rings. The molecule has 0 aliphatic rings. The molecular weight excluding hydrogens is 411 g/mol. The normalized spacial score (nSPS) is 12.5. The summed E-state index contributed by atoms with van der Waals surface area (Å²) in [6.07, 6.45) is 0. The van der Waals surface area contributed by atoms with Gasteiger partial charge in [-0.15, -0.1) is 11.3 Å². The summed E-state index contributed by atoms with van der Waals surface area (Å²) in [5.41, 5.74) is 3.43. The van der Waals surface area contributed by atoms with Crippen LogP contribution in [-0.4, -0.2) is 7.11 Å². The van der Waals surface area contributed by atoms with Crippen LogP contribution < -0.4 is 4.74 Å². The molecule has 5 heteroatoms. The average molecular weight is 425 g/mol. The first-order valence-electron chi connectivity index (χ1n) is 5.68. The SMILES string of the molecule is COc1c(C)cc(Br)c(C)c1C(Br)c1ccc(Cl)s1. The number of thiophene rings is 1. The van der Waals surface area contributed by atoms with Crippen LogP contribution in [0.25, 0.3) is 0 Å². The number of hydrogen-bond donors (Lipinski definition) is 0.